The third-order valence-corrected chi connectivity index (χ3v) is 3.39. The normalized spacial score (nSPS) is 12.2. The molecule has 0 aliphatic rings. The van der Waals surface area contributed by atoms with Crippen molar-refractivity contribution in [2.75, 3.05) is 11.9 Å². The first-order chi connectivity index (χ1) is 9.47. The van der Waals surface area contributed by atoms with Crippen molar-refractivity contribution in [2.24, 2.45) is 0 Å². The third kappa shape index (κ3) is 3.36. The molecule has 0 bridgehead atoms. The second-order valence-corrected chi connectivity index (χ2v) is 5.22. The molecule has 2 aromatic rings. The van der Waals surface area contributed by atoms with E-state index in [1.54, 1.807) is 13.0 Å². The fourth-order valence-corrected chi connectivity index (χ4v) is 2.26. The number of benzene rings is 2. The summed E-state index contributed by atoms with van der Waals surface area (Å²) in [4.78, 5) is 2.02. The molecular weight excluding hydrogens is 253 g/mol. The van der Waals surface area contributed by atoms with Crippen LogP contribution in [-0.4, -0.2) is 12.2 Å². The molecule has 0 aromatic heterocycles. The van der Waals surface area contributed by atoms with Gasteiger partial charge in [0.1, 0.15) is 5.82 Å². The second kappa shape index (κ2) is 6.06. The van der Waals surface area contributed by atoms with Crippen LogP contribution in [0.25, 0.3) is 0 Å². The van der Waals surface area contributed by atoms with Gasteiger partial charge in [-0.3, -0.25) is 0 Å². The van der Waals surface area contributed by atoms with E-state index in [4.69, 9.17) is 0 Å². The van der Waals surface area contributed by atoms with Crippen molar-refractivity contribution in [2.45, 2.75) is 26.5 Å². The van der Waals surface area contributed by atoms with E-state index in [0.717, 1.165) is 5.69 Å². The lowest BCUT2D eigenvalue weighted by Crippen LogP contribution is -2.18. The Kier molecular flexibility index (Phi) is 4.40. The molecule has 1 atom stereocenters. The molecule has 2 nitrogen and oxygen atoms in total. The summed E-state index contributed by atoms with van der Waals surface area (Å²) >= 11 is 0. The standard InChI is InChI=1S/C17H20FNO/c1-12-4-6-14(7-5-12)11-19(3)17-9-8-15(18)10-16(17)13(2)20/h4-10,13,20H,11H2,1-3H3/t13-/m0/s1. The maximum absolute atomic E-state index is 13.3. The highest BCUT2D eigenvalue weighted by Crippen LogP contribution is 2.27. The highest BCUT2D eigenvalue weighted by atomic mass is 19.1. The van der Waals surface area contributed by atoms with E-state index in [1.807, 2.05) is 11.9 Å². The van der Waals surface area contributed by atoms with Gasteiger partial charge in [0.2, 0.25) is 0 Å². The van der Waals surface area contributed by atoms with Crippen LogP contribution in [0.15, 0.2) is 42.5 Å². The van der Waals surface area contributed by atoms with E-state index in [9.17, 15) is 9.50 Å². The van der Waals surface area contributed by atoms with Gasteiger partial charge in [0.05, 0.1) is 6.10 Å². The lowest BCUT2D eigenvalue weighted by molar-refractivity contribution is 0.199. The Balaban J connectivity index is 2.24. The number of hydrogen-bond donors (Lipinski definition) is 1. The smallest absolute Gasteiger partial charge is 0.123 e. The molecule has 2 rings (SSSR count). The summed E-state index contributed by atoms with van der Waals surface area (Å²) < 4.78 is 13.3. The maximum Gasteiger partial charge on any atom is 0.123 e. The average Bonchev–Trinajstić information content (AvgIpc) is 2.41. The summed E-state index contributed by atoms with van der Waals surface area (Å²) in [6.07, 6.45) is -0.693. The first-order valence-corrected chi connectivity index (χ1v) is 6.71. The van der Waals surface area contributed by atoms with Gasteiger partial charge in [-0.2, -0.15) is 0 Å². The Hall–Kier alpha value is -1.87. The minimum Gasteiger partial charge on any atom is -0.389 e. The Morgan fingerprint density at radius 1 is 1.15 bits per heavy atom. The van der Waals surface area contributed by atoms with Crippen LogP contribution >= 0.6 is 0 Å². The van der Waals surface area contributed by atoms with Gasteiger partial charge >= 0.3 is 0 Å². The average molecular weight is 273 g/mol. The molecule has 0 saturated carbocycles. The van der Waals surface area contributed by atoms with Crippen molar-refractivity contribution < 1.29 is 9.50 Å². The summed E-state index contributed by atoms with van der Waals surface area (Å²) in [7, 11) is 1.94. The molecule has 2 aromatic carbocycles. The van der Waals surface area contributed by atoms with Gasteiger partial charge in [-0.1, -0.05) is 29.8 Å². The Labute approximate surface area is 119 Å². The van der Waals surface area contributed by atoms with Crippen LogP contribution in [-0.2, 0) is 6.54 Å². The largest absolute Gasteiger partial charge is 0.389 e. The first-order valence-electron chi connectivity index (χ1n) is 6.71. The highest BCUT2D eigenvalue weighted by Gasteiger charge is 2.13. The van der Waals surface area contributed by atoms with E-state index in [-0.39, 0.29) is 5.82 Å². The van der Waals surface area contributed by atoms with Gasteiger partial charge in [-0.25, -0.2) is 4.39 Å². The predicted molar refractivity (Wildman–Crippen MR) is 80.3 cm³/mol. The Bertz CT molecular complexity index is 578. The number of aryl methyl sites for hydroxylation is 1. The lowest BCUT2D eigenvalue weighted by Gasteiger charge is -2.24. The number of rotatable bonds is 4. The number of aliphatic hydroxyl groups excluding tert-OH is 1. The van der Waals surface area contributed by atoms with Gasteiger partial charge in [-0.05, 0) is 37.6 Å². The van der Waals surface area contributed by atoms with Crippen molar-refractivity contribution in [3.63, 3.8) is 0 Å². The minimum atomic E-state index is -0.693. The van der Waals surface area contributed by atoms with Gasteiger partial charge in [0.15, 0.2) is 0 Å². The zero-order valence-electron chi connectivity index (χ0n) is 12.1. The lowest BCUT2D eigenvalue weighted by atomic mass is 10.1. The quantitative estimate of drug-likeness (QED) is 0.915. The van der Waals surface area contributed by atoms with Crippen molar-refractivity contribution in [3.8, 4) is 0 Å². The topological polar surface area (TPSA) is 23.5 Å². The van der Waals surface area contributed by atoms with Crippen LogP contribution in [0.3, 0.4) is 0 Å². The van der Waals surface area contributed by atoms with E-state index in [1.165, 1.54) is 23.3 Å². The highest BCUT2D eigenvalue weighted by molar-refractivity contribution is 5.54. The zero-order valence-corrected chi connectivity index (χ0v) is 12.1. The van der Waals surface area contributed by atoms with E-state index in [2.05, 4.69) is 31.2 Å². The summed E-state index contributed by atoms with van der Waals surface area (Å²) in [6, 6.07) is 12.8. The second-order valence-electron chi connectivity index (χ2n) is 5.22. The molecule has 0 radical (unpaired) electrons. The Morgan fingerprint density at radius 2 is 1.80 bits per heavy atom. The molecule has 0 spiro atoms. The number of anilines is 1. The van der Waals surface area contributed by atoms with E-state index >= 15 is 0 Å². The monoisotopic (exact) mass is 273 g/mol. The molecule has 20 heavy (non-hydrogen) atoms. The van der Waals surface area contributed by atoms with Crippen molar-refractivity contribution in [3.05, 3.63) is 65.0 Å². The molecule has 106 valence electrons. The molecule has 3 heteroatoms. The van der Waals surface area contributed by atoms with Crippen LogP contribution in [0.2, 0.25) is 0 Å². The molecule has 0 aliphatic heterocycles. The van der Waals surface area contributed by atoms with Crippen molar-refractivity contribution in [1.29, 1.82) is 0 Å². The minimum absolute atomic E-state index is 0.326. The van der Waals surface area contributed by atoms with Crippen molar-refractivity contribution in [1.82, 2.24) is 0 Å². The van der Waals surface area contributed by atoms with Crippen LogP contribution in [0.4, 0.5) is 10.1 Å². The summed E-state index contributed by atoms with van der Waals surface area (Å²) in [5, 5.41) is 9.79. The Morgan fingerprint density at radius 3 is 2.40 bits per heavy atom. The number of halogens is 1. The molecule has 0 amide bonds. The van der Waals surface area contributed by atoms with Crippen LogP contribution < -0.4 is 4.90 Å². The molecule has 0 heterocycles. The predicted octanol–water partition coefficient (Wildman–Crippen LogP) is 3.82. The van der Waals surface area contributed by atoms with Crippen LogP contribution in [0.1, 0.15) is 29.7 Å². The van der Waals surface area contributed by atoms with Gasteiger partial charge in [0, 0.05) is 24.8 Å². The van der Waals surface area contributed by atoms with Gasteiger partial charge in [0.25, 0.3) is 0 Å². The summed E-state index contributed by atoms with van der Waals surface area (Å²) in [6.45, 7) is 4.42. The van der Waals surface area contributed by atoms with E-state index in [0.29, 0.717) is 12.1 Å². The van der Waals surface area contributed by atoms with Crippen LogP contribution in [0.5, 0.6) is 0 Å². The molecule has 1 N–H and O–H groups in total. The van der Waals surface area contributed by atoms with Crippen LogP contribution in [0, 0.1) is 12.7 Å². The zero-order chi connectivity index (χ0) is 14.7. The third-order valence-electron chi connectivity index (χ3n) is 3.39. The fourth-order valence-electron chi connectivity index (χ4n) is 2.26. The number of aliphatic hydroxyl groups is 1. The maximum atomic E-state index is 13.3. The molecular formula is C17H20FNO. The van der Waals surface area contributed by atoms with E-state index < -0.39 is 6.10 Å². The molecule has 0 saturated heterocycles. The molecule has 0 aliphatic carbocycles. The number of hydrogen-bond acceptors (Lipinski definition) is 2. The first kappa shape index (κ1) is 14.5. The van der Waals surface area contributed by atoms with Gasteiger partial charge in [-0.15, -0.1) is 0 Å². The summed E-state index contributed by atoms with van der Waals surface area (Å²) in [5.41, 5.74) is 3.86. The summed E-state index contributed by atoms with van der Waals surface area (Å²) in [5.74, 6) is -0.326. The fraction of sp³-hybridized carbons (Fsp3) is 0.294. The molecule has 0 fully saturated rings. The number of nitrogens with zero attached hydrogens (tertiary/aromatic N) is 1. The van der Waals surface area contributed by atoms with Gasteiger partial charge < -0.3 is 10.0 Å². The van der Waals surface area contributed by atoms with Crippen molar-refractivity contribution >= 4 is 5.69 Å². The SMILES string of the molecule is Cc1ccc(CN(C)c2ccc(F)cc2[C@H](C)O)cc1. The molecule has 0 unspecified atom stereocenters.